The summed E-state index contributed by atoms with van der Waals surface area (Å²) in [6.45, 7) is 0. The molecule has 0 aliphatic rings. The summed E-state index contributed by atoms with van der Waals surface area (Å²) in [4.78, 5) is 13.6. The van der Waals surface area contributed by atoms with Crippen molar-refractivity contribution in [3.63, 3.8) is 0 Å². The second kappa shape index (κ2) is 5.78. The van der Waals surface area contributed by atoms with Gasteiger partial charge in [0.05, 0.1) is 0 Å². The second-order valence-corrected chi connectivity index (χ2v) is 5.04. The topological polar surface area (TPSA) is 30.0 Å². The normalized spacial score (nSPS) is 10.2. The van der Waals surface area contributed by atoms with Crippen LogP contribution in [0.15, 0.2) is 41.3 Å². The Balaban J connectivity index is 1.79. The van der Waals surface area contributed by atoms with Gasteiger partial charge in [-0.1, -0.05) is 0 Å². The average Bonchev–Trinajstić information content (AvgIpc) is 2.84. The summed E-state index contributed by atoms with van der Waals surface area (Å²) in [5, 5.41) is 0. The van der Waals surface area contributed by atoms with Crippen molar-refractivity contribution in [3.05, 3.63) is 52.6 Å². The van der Waals surface area contributed by atoms with Gasteiger partial charge in [-0.3, -0.25) is 0 Å². The van der Waals surface area contributed by atoms with E-state index in [1.807, 2.05) is 29.2 Å². The van der Waals surface area contributed by atoms with Crippen LogP contribution in [0, 0.1) is 0 Å². The van der Waals surface area contributed by atoms with Gasteiger partial charge in [0.2, 0.25) is 0 Å². The molecule has 1 aromatic carbocycles. The van der Waals surface area contributed by atoms with Crippen molar-refractivity contribution in [2.45, 2.75) is 19.3 Å². The monoisotopic (exact) mass is 279 g/mol. The van der Waals surface area contributed by atoms with Gasteiger partial charge in [0, 0.05) is 0 Å². The minimum atomic E-state index is 0.171. The third-order valence-electron chi connectivity index (χ3n) is 2.44. The van der Waals surface area contributed by atoms with Crippen molar-refractivity contribution >= 4 is 20.5 Å². The standard InChI is InChI=1S/C13H13NOSe/c15-13(12-9-10-16-14-12)8-4-7-11-5-2-1-3-6-11/h1-3,5-6,9-10H,4,7-8H2. The fourth-order valence-electron chi connectivity index (χ4n) is 1.58. The molecule has 0 bridgehead atoms. The Labute approximate surface area is 101 Å². The van der Waals surface area contributed by atoms with Crippen LogP contribution in [0.25, 0.3) is 0 Å². The van der Waals surface area contributed by atoms with Crippen LogP contribution >= 0.6 is 0 Å². The maximum absolute atomic E-state index is 11.7. The first-order chi connectivity index (χ1) is 7.86. The van der Waals surface area contributed by atoms with Crippen LogP contribution in [0.3, 0.4) is 0 Å². The first kappa shape index (κ1) is 11.3. The van der Waals surface area contributed by atoms with Crippen molar-refractivity contribution in [2.24, 2.45) is 0 Å². The quantitative estimate of drug-likeness (QED) is 0.620. The van der Waals surface area contributed by atoms with Gasteiger partial charge < -0.3 is 0 Å². The number of nitrogens with zero attached hydrogens (tertiary/aromatic N) is 1. The number of carbonyl (C=O) groups excluding carboxylic acids is 1. The van der Waals surface area contributed by atoms with Crippen LogP contribution in [-0.2, 0) is 6.42 Å². The predicted octanol–water partition coefficient (Wildman–Crippen LogP) is 2.34. The molecule has 82 valence electrons. The number of hydrogen-bond donors (Lipinski definition) is 0. The van der Waals surface area contributed by atoms with E-state index in [0.717, 1.165) is 12.8 Å². The molecule has 16 heavy (non-hydrogen) atoms. The van der Waals surface area contributed by atoms with Crippen LogP contribution in [0.1, 0.15) is 28.9 Å². The van der Waals surface area contributed by atoms with Gasteiger partial charge in [-0.05, 0) is 0 Å². The summed E-state index contributed by atoms with van der Waals surface area (Å²) >= 11 is 0.171. The minimum absolute atomic E-state index is 0.171. The molecule has 1 heterocycles. The molecule has 0 aliphatic carbocycles. The van der Waals surface area contributed by atoms with Gasteiger partial charge in [-0.15, -0.1) is 0 Å². The average molecular weight is 278 g/mol. The third kappa shape index (κ3) is 3.16. The molecule has 0 aliphatic heterocycles. The van der Waals surface area contributed by atoms with E-state index < -0.39 is 0 Å². The van der Waals surface area contributed by atoms with Crippen LogP contribution in [0.2, 0.25) is 0 Å². The number of benzene rings is 1. The summed E-state index contributed by atoms with van der Waals surface area (Å²) in [6.07, 6.45) is 2.48. The summed E-state index contributed by atoms with van der Waals surface area (Å²) in [7, 11) is 0. The molecule has 0 N–H and O–H groups in total. The number of ketones is 1. The van der Waals surface area contributed by atoms with E-state index in [1.54, 1.807) is 0 Å². The number of aryl methyl sites for hydroxylation is 1. The molecular weight excluding hydrogens is 265 g/mol. The van der Waals surface area contributed by atoms with Gasteiger partial charge in [-0.25, -0.2) is 0 Å². The van der Waals surface area contributed by atoms with Crippen molar-refractivity contribution in [1.82, 2.24) is 3.98 Å². The van der Waals surface area contributed by atoms with E-state index in [4.69, 9.17) is 0 Å². The Hall–Kier alpha value is -1.18. The van der Waals surface area contributed by atoms with E-state index in [0.29, 0.717) is 12.1 Å². The zero-order valence-corrected chi connectivity index (χ0v) is 10.6. The summed E-state index contributed by atoms with van der Waals surface area (Å²) in [5.74, 6) is 0.187. The van der Waals surface area contributed by atoms with Crippen molar-refractivity contribution in [1.29, 1.82) is 0 Å². The van der Waals surface area contributed by atoms with E-state index in [2.05, 4.69) is 16.1 Å². The number of rotatable bonds is 5. The van der Waals surface area contributed by atoms with E-state index in [9.17, 15) is 4.79 Å². The first-order valence-electron chi connectivity index (χ1n) is 5.34. The van der Waals surface area contributed by atoms with Gasteiger partial charge in [0.1, 0.15) is 0 Å². The Kier molecular flexibility index (Phi) is 4.09. The van der Waals surface area contributed by atoms with E-state index >= 15 is 0 Å². The Morgan fingerprint density at radius 1 is 1.19 bits per heavy atom. The van der Waals surface area contributed by atoms with Crippen molar-refractivity contribution in [3.8, 4) is 0 Å². The Morgan fingerprint density at radius 2 is 2.00 bits per heavy atom. The molecule has 0 saturated heterocycles. The number of aromatic nitrogens is 1. The summed E-state index contributed by atoms with van der Waals surface area (Å²) in [6, 6.07) is 12.1. The molecule has 1 aromatic heterocycles. The van der Waals surface area contributed by atoms with Gasteiger partial charge in [0.25, 0.3) is 0 Å². The number of Topliss-reactive ketones (excluding diaryl/α,β-unsaturated/α-hetero) is 1. The predicted molar refractivity (Wildman–Crippen MR) is 64.9 cm³/mol. The molecule has 0 fully saturated rings. The molecule has 3 heteroatoms. The molecule has 2 nitrogen and oxygen atoms in total. The number of carbonyl (C=O) groups is 1. The van der Waals surface area contributed by atoms with Crippen LogP contribution in [0.4, 0.5) is 0 Å². The van der Waals surface area contributed by atoms with Crippen LogP contribution in [-0.4, -0.2) is 24.5 Å². The fraction of sp³-hybridized carbons (Fsp3) is 0.231. The van der Waals surface area contributed by atoms with E-state index in [-0.39, 0.29) is 20.5 Å². The summed E-state index contributed by atoms with van der Waals surface area (Å²) < 4.78 is 4.18. The first-order valence-corrected chi connectivity index (χ1v) is 7.09. The molecule has 0 atom stereocenters. The molecular formula is C13H13NOSe. The molecule has 2 aromatic rings. The third-order valence-corrected chi connectivity index (χ3v) is 3.61. The second-order valence-electron chi connectivity index (χ2n) is 3.65. The molecule has 2 rings (SSSR count). The molecule has 0 unspecified atom stereocenters. The summed E-state index contributed by atoms with van der Waals surface area (Å²) in [5.41, 5.74) is 1.97. The van der Waals surface area contributed by atoms with Gasteiger partial charge >= 0.3 is 101 Å². The zero-order chi connectivity index (χ0) is 11.2. The Morgan fingerprint density at radius 3 is 2.69 bits per heavy atom. The fourth-order valence-corrected chi connectivity index (χ4v) is 2.69. The number of hydrogen-bond acceptors (Lipinski definition) is 2. The Bertz CT molecular complexity index is 436. The van der Waals surface area contributed by atoms with Gasteiger partial charge in [-0.2, -0.15) is 0 Å². The van der Waals surface area contributed by atoms with Crippen molar-refractivity contribution < 1.29 is 4.79 Å². The zero-order valence-electron chi connectivity index (χ0n) is 8.93. The maximum atomic E-state index is 11.7. The SMILES string of the molecule is O=C(CCCc1ccccc1)c1cc[se]n1. The molecule has 0 radical (unpaired) electrons. The van der Waals surface area contributed by atoms with E-state index in [1.165, 1.54) is 5.56 Å². The van der Waals surface area contributed by atoms with Crippen LogP contribution in [0.5, 0.6) is 0 Å². The molecule has 0 amide bonds. The van der Waals surface area contributed by atoms with Gasteiger partial charge in [0.15, 0.2) is 0 Å². The van der Waals surface area contributed by atoms with Crippen molar-refractivity contribution in [2.75, 3.05) is 0 Å². The van der Waals surface area contributed by atoms with Crippen LogP contribution < -0.4 is 0 Å². The molecule has 0 saturated carbocycles. The molecule has 0 spiro atoms.